The Morgan fingerprint density at radius 1 is 1.03 bits per heavy atom. The van der Waals surface area contributed by atoms with Crippen molar-refractivity contribution in [2.24, 2.45) is 0 Å². The Morgan fingerprint density at radius 3 is 2.30 bits per heavy atom. The van der Waals surface area contributed by atoms with Crippen LogP contribution >= 0.6 is 23.4 Å². The average molecular weight is 447 g/mol. The van der Waals surface area contributed by atoms with Crippen LogP contribution in [0.4, 0.5) is 0 Å². The number of hydrogen-bond donors (Lipinski definition) is 1. The number of rotatable bonds is 11. The molecule has 0 saturated heterocycles. The normalized spacial score (nSPS) is 11.9. The zero-order valence-electron chi connectivity index (χ0n) is 17.9. The Labute approximate surface area is 189 Å². The van der Waals surface area contributed by atoms with Crippen molar-refractivity contribution in [3.05, 3.63) is 70.7 Å². The molecule has 0 aliphatic carbocycles. The first-order valence-corrected chi connectivity index (χ1v) is 11.9. The van der Waals surface area contributed by atoms with E-state index in [1.165, 1.54) is 5.56 Å². The summed E-state index contributed by atoms with van der Waals surface area (Å²) in [4.78, 5) is 27.6. The second kappa shape index (κ2) is 12.7. The van der Waals surface area contributed by atoms with Gasteiger partial charge in [0, 0.05) is 35.5 Å². The molecule has 0 bridgehead atoms. The van der Waals surface area contributed by atoms with Crippen molar-refractivity contribution in [1.29, 1.82) is 0 Å². The van der Waals surface area contributed by atoms with Crippen LogP contribution < -0.4 is 5.32 Å². The van der Waals surface area contributed by atoms with Gasteiger partial charge in [0.2, 0.25) is 11.8 Å². The van der Waals surface area contributed by atoms with Gasteiger partial charge in [-0.1, -0.05) is 61.0 Å². The molecule has 0 heterocycles. The van der Waals surface area contributed by atoms with Crippen molar-refractivity contribution in [2.75, 3.05) is 5.75 Å². The Bertz CT molecular complexity index is 797. The zero-order valence-corrected chi connectivity index (χ0v) is 19.5. The van der Waals surface area contributed by atoms with Crippen LogP contribution in [0.2, 0.25) is 5.02 Å². The number of amides is 2. The van der Waals surface area contributed by atoms with E-state index in [4.69, 9.17) is 11.6 Å². The highest BCUT2D eigenvalue weighted by Crippen LogP contribution is 2.18. The quantitative estimate of drug-likeness (QED) is 0.477. The third-order valence-corrected chi connectivity index (χ3v) is 5.94. The number of benzene rings is 2. The van der Waals surface area contributed by atoms with Crippen molar-refractivity contribution in [3.8, 4) is 0 Å². The fourth-order valence-corrected chi connectivity index (χ4v) is 4.17. The third kappa shape index (κ3) is 8.04. The molecule has 1 atom stereocenters. The molecule has 1 N–H and O–H groups in total. The fourth-order valence-electron chi connectivity index (χ4n) is 3.15. The summed E-state index contributed by atoms with van der Waals surface area (Å²) in [6.45, 7) is 6.19. The van der Waals surface area contributed by atoms with Crippen LogP contribution in [0.3, 0.4) is 0 Å². The standard InChI is InChI=1S/C24H31ClN2O2S/c1-4-22(24(29)26-18(2)3)27(16-19-10-12-21(25)13-11-19)23(28)14-15-30-17-20-8-6-5-7-9-20/h5-13,18,22H,4,14-17H2,1-3H3,(H,26,29)/t22-/m0/s1. The van der Waals surface area contributed by atoms with Gasteiger partial charge in [-0.2, -0.15) is 11.8 Å². The fraction of sp³-hybridized carbons (Fsp3) is 0.417. The van der Waals surface area contributed by atoms with Crippen LogP contribution in [-0.2, 0) is 21.9 Å². The van der Waals surface area contributed by atoms with Crippen molar-refractivity contribution in [3.63, 3.8) is 0 Å². The van der Waals surface area contributed by atoms with Gasteiger partial charge in [-0.15, -0.1) is 0 Å². The van der Waals surface area contributed by atoms with Gasteiger partial charge in [-0.3, -0.25) is 9.59 Å². The molecule has 2 rings (SSSR count). The Kier molecular flexibility index (Phi) is 10.2. The molecule has 6 heteroatoms. The first-order chi connectivity index (χ1) is 14.4. The topological polar surface area (TPSA) is 49.4 Å². The van der Waals surface area contributed by atoms with Crippen molar-refractivity contribution >= 4 is 35.2 Å². The van der Waals surface area contributed by atoms with E-state index >= 15 is 0 Å². The number of nitrogens with one attached hydrogen (secondary N) is 1. The van der Waals surface area contributed by atoms with E-state index in [-0.39, 0.29) is 17.9 Å². The predicted molar refractivity (Wildman–Crippen MR) is 127 cm³/mol. The number of nitrogens with zero attached hydrogens (tertiary/aromatic N) is 1. The smallest absolute Gasteiger partial charge is 0.243 e. The molecular weight excluding hydrogens is 416 g/mol. The first kappa shape index (κ1) is 24.3. The van der Waals surface area contributed by atoms with Gasteiger partial charge in [0.15, 0.2) is 0 Å². The van der Waals surface area contributed by atoms with Crippen LogP contribution in [0.15, 0.2) is 54.6 Å². The highest BCUT2D eigenvalue weighted by molar-refractivity contribution is 7.98. The maximum atomic E-state index is 13.1. The summed E-state index contributed by atoms with van der Waals surface area (Å²) in [6, 6.07) is 17.2. The minimum atomic E-state index is -0.491. The summed E-state index contributed by atoms with van der Waals surface area (Å²) < 4.78 is 0. The minimum Gasteiger partial charge on any atom is -0.352 e. The number of halogens is 1. The molecular formula is C24H31ClN2O2S. The molecule has 0 unspecified atom stereocenters. The SMILES string of the molecule is CC[C@@H](C(=O)NC(C)C)N(Cc1ccc(Cl)cc1)C(=O)CCSCc1ccccc1. The predicted octanol–water partition coefficient (Wildman–Crippen LogP) is 5.30. The molecule has 0 fully saturated rings. The van der Waals surface area contributed by atoms with E-state index in [1.807, 2.05) is 63.2 Å². The van der Waals surface area contributed by atoms with E-state index in [9.17, 15) is 9.59 Å². The maximum Gasteiger partial charge on any atom is 0.243 e. The largest absolute Gasteiger partial charge is 0.352 e. The van der Waals surface area contributed by atoms with Crippen LogP contribution in [-0.4, -0.2) is 34.6 Å². The Hall–Kier alpha value is -1.98. The summed E-state index contributed by atoms with van der Waals surface area (Å²) in [5.74, 6) is 1.48. The van der Waals surface area contributed by atoms with Gasteiger partial charge in [-0.25, -0.2) is 0 Å². The van der Waals surface area contributed by atoms with E-state index in [2.05, 4.69) is 17.4 Å². The maximum absolute atomic E-state index is 13.1. The lowest BCUT2D eigenvalue weighted by atomic mass is 10.1. The highest BCUT2D eigenvalue weighted by atomic mass is 35.5. The summed E-state index contributed by atoms with van der Waals surface area (Å²) >= 11 is 7.73. The van der Waals surface area contributed by atoms with Gasteiger partial charge in [0.05, 0.1) is 0 Å². The van der Waals surface area contributed by atoms with Gasteiger partial charge >= 0.3 is 0 Å². The molecule has 4 nitrogen and oxygen atoms in total. The molecule has 0 spiro atoms. The van der Waals surface area contributed by atoms with Crippen LogP contribution in [0.1, 0.15) is 44.7 Å². The van der Waals surface area contributed by atoms with E-state index in [0.717, 1.165) is 11.3 Å². The molecule has 2 aromatic carbocycles. The van der Waals surface area contributed by atoms with Gasteiger partial charge < -0.3 is 10.2 Å². The van der Waals surface area contributed by atoms with Gasteiger partial charge in [0.25, 0.3) is 0 Å². The molecule has 162 valence electrons. The second-order valence-electron chi connectivity index (χ2n) is 7.52. The van der Waals surface area contributed by atoms with E-state index in [1.54, 1.807) is 16.7 Å². The zero-order chi connectivity index (χ0) is 21.9. The van der Waals surface area contributed by atoms with Crippen molar-refractivity contribution < 1.29 is 9.59 Å². The summed E-state index contributed by atoms with van der Waals surface area (Å²) in [5, 5.41) is 3.61. The Balaban J connectivity index is 2.05. The summed E-state index contributed by atoms with van der Waals surface area (Å²) in [7, 11) is 0. The summed E-state index contributed by atoms with van der Waals surface area (Å²) in [5.41, 5.74) is 2.20. The lowest BCUT2D eigenvalue weighted by Crippen LogP contribution is -2.50. The number of hydrogen-bond acceptors (Lipinski definition) is 3. The van der Waals surface area contributed by atoms with Gasteiger partial charge in [0.1, 0.15) is 6.04 Å². The third-order valence-electron chi connectivity index (χ3n) is 4.65. The number of thioether (sulfide) groups is 1. The molecule has 2 aromatic rings. The second-order valence-corrected chi connectivity index (χ2v) is 9.07. The molecule has 0 aromatic heterocycles. The monoisotopic (exact) mass is 446 g/mol. The highest BCUT2D eigenvalue weighted by Gasteiger charge is 2.28. The van der Waals surface area contributed by atoms with Crippen molar-refractivity contribution in [1.82, 2.24) is 10.2 Å². The van der Waals surface area contributed by atoms with Gasteiger partial charge in [-0.05, 0) is 43.5 Å². The van der Waals surface area contributed by atoms with Crippen LogP contribution in [0.5, 0.6) is 0 Å². The molecule has 0 radical (unpaired) electrons. The molecule has 30 heavy (non-hydrogen) atoms. The van der Waals surface area contributed by atoms with E-state index in [0.29, 0.717) is 30.2 Å². The lowest BCUT2D eigenvalue weighted by molar-refractivity contribution is -0.141. The molecule has 0 aliphatic heterocycles. The van der Waals surface area contributed by atoms with Crippen LogP contribution in [0, 0.1) is 0 Å². The molecule has 0 aliphatic rings. The van der Waals surface area contributed by atoms with E-state index < -0.39 is 6.04 Å². The molecule has 0 saturated carbocycles. The summed E-state index contributed by atoms with van der Waals surface area (Å²) in [6.07, 6.45) is 0.964. The first-order valence-electron chi connectivity index (χ1n) is 10.4. The average Bonchev–Trinajstić information content (AvgIpc) is 2.72. The van der Waals surface area contributed by atoms with Crippen LogP contribution in [0.25, 0.3) is 0 Å². The number of carbonyl (C=O) groups excluding carboxylic acids is 2. The lowest BCUT2D eigenvalue weighted by Gasteiger charge is -2.31. The molecule has 2 amide bonds. The minimum absolute atomic E-state index is 0.00346. The number of carbonyl (C=O) groups is 2. The Morgan fingerprint density at radius 2 is 1.70 bits per heavy atom. The van der Waals surface area contributed by atoms with Crippen molar-refractivity contribution in [2.45, 2.75) is 58.0 Å².